The third kappa shape index (κ3) is 5.50. The Hall–Kier alpha value is -2.47. The minimum Gasteiger partial charge on any atom is -0.348 e. The van der Waals surface area contributed by atoms with Crippen LogP contribution in [0.15, 0.2) is 42.5 Å². The van der Waals surface area contributed by atoms with Gasteiger partial charge >= 0.3 is 0 Å². The normalized spacial score (nSPS) is 13.1. The SMILES string of the molecule is CC(NC(=O)C(NC(=O)c1ccc(Cl)cc1)C(C)C)c1ccc(F)c(F)c1. The van der Waals surface area contributed by atoms with Gasteiger partial charge in [-0.3, -0.25) is 9.59 Å². The summed E-state index contributed by atoms with van der Waals surface area (Å²) in [6.45, 7) is 5.26. The molecule has 27 heavy (non-hydrogen) atoms. The maximum absolute atomic E-state index is 13.4. The molecular formula is C20H21ClF2N2O2. The molecule has 7 heteroatoms. The highest BCUT2D eigenvalue weighted by atomic mass is 35.5. The molecule has 0 aliphatic carbocycles. The molecule has 0 spiro atoms. The van der Waals surface area contributed by atoms with Gasteiger partial charge in [-0.15, -0.1) is 0 Å². The maximum Gasteiger partial charge on any atom is 0.251 e. The average molecular weight is 395 g/mol. The van der Waals surface area contributed by atoms with E-state index in [1.54, 1.807) is 45.0 Å². The first-order valence-electron chi connectivity index (χ1n) is 8.50. The fourth-order valence-electron chi connectivity index (χ4n) is 2.53. The van der Waals surface area contributed by atoms with Crippen molar-refractivity contribution < 1.29 is 18.4 Å². The van der Waals surface area contributed by atoms with Crippen LogP contribution in [-0.2, 0) is 4.79 Å². The summed E-state index contributed by atoms with van der Waals surface area (Å²) in [5, 5.41) is 5.93. The summed E-state index contributed by atoms with van der Waals surface area (Å²) in [5.41, 5.74) is 0.806. The molecule has 0 aliphatic heterocycles. The quantitative estimate of drug-likeness (QED) is 0.769. The summed E-state index contributed by atoms with van der Waals surface area (Å²) in [6.07, 6.45) is 0. The fraction of sp³-hybridized carbons (Fsp3) is 0.300. The van der Waals surface area contributed by atoms with Gasteiger partial charge in [0.15, 0.2) is 11.6 Å². The molecule has 0 saturated heterocycles. The summed E-state index contributed by atoms with van der Waals surface area (Å²) in [5.74, 6) is -2.93. The zero-order chi connectivity index (χ0) is 20.1. The summed E-state index contributed by atoms with van der Waals surface area (Å²) < 4.78 is 26.5. The molecule has 0 bridgehead atoms. The molecule has 2 rings (SSSR count). The van der Waals surface area contributed by atoms with Crippen LogP contribution < -0.4 is 10.6 Å². The Labute approximate surface area is 161 Å². The van der Waals surface area contributed by atoms with Gasteiger partial charge in [-0.1, -0.05) is 31.5 Å². The Balaban J connectivity index is 2.08. The van der Waals surface area contributed by atoms with E-state index in [2.05, 4.69) is 10.6 Å². The molecule has 0 aliphatic rings. The molecule has 2 N–H and O–H groups in total. The van der Waals surface area contributed by atoms with Crippen LogP contribution >= 0.6 is 11.6 Å². The number of carbonyl (C=O) groups is 2. The van der Waals surface area contributed by atoms with Crippen LogP contribution in [0, 0.1) is 17.6 Å². The van der Waals surface area contributed by atoms with Crippen LogP contribution in [0.1, 0.15) is 42.7 Å². The van der Waals surface area contributed by atoms with Crippen LogP contribution in [0.5, 0.6) is 0 Å². The topological polar surface area (TPSA) is 58.2 Å². The molecule has 0 fully saturated rings. The number of hydrogen-bond donors (Lipinski definition) is 2. The Kier molecular flexibility index (Phi) is 6.91. The number of benzene rings is 2. The lowest BCUT2D eigenvalue weighted by Crippen LogP contribution is -2.50. The Bertz CT molecular complexity index is 825. The van der Waals surface area contributed by atoms with Crippen molar-refractivity contribution in [2.45, 2.75) is 32.9 Å². The first kappa shape index (κ1) is 20.8. The second-order valence-electron chi connectivity index (χ2n) is 6.61. The molecule has 0 heterocycles. The van der Waals surface area contributed by atoms with Crippen LogP contribution in [-0.4, -0.2) is 17.9 Å². The lowest BCUT2D eigenvalue weighted by Gasteiger charge is -2.24. The number of amides is 2. The summed E-state index contributed by atoms with van der Waals surface area (Å²) >= 11 is 5.81. The van der Waals surface area contributed by atoms with Crippen molar-refractivity contribution in [2.75, 3.05) is 0 Å². The highest BCUT2D eigenvalue weighted by Crippen LogP contribution is 2.17. The molecule has 4 nitrogen and oxygen atoms in total. The molecule has 0 aromatic heterocycles. The van der Waals surface area contributed by atoms with Gasteiger partial charge in [-0.2, -0.15) is 0 Å². The lowest BCUT2D eigenvalue weighted by atomic mass is 10.0. The van der Waals surface area contributed by atoms with Crippen molar-refractivity contribution in [1.29, 1.82) is 0 Å². The first-order valence-corrected chi connectivity index (χ1v) is 8.88. The standard InChI is InChI=1S/C20H21ClF2N2O2/c1-11(2)18(25-19(26)13-4-7-15(21)8-5-13)20(27)24-12(3)14-6-9-16(22)17(23)10-14/h4-12,18H,1-3H3,(H,24,27)(H,25,26). The number of carbonyl (C=O) groups excluding carboxylic acids is 2. The van der Waals surface area contributed by atoms with E-state index in [-0.39, 0.29) is 5.92 Å². The van der Waals surface area contributed by atoms with Crippen molar-refractivity contribution in [3.63, 3.8) is 0 Å². The van der Waals surface area contributed by atoms with Gasteiger partial charge in [0, 0.05) is 10.6 Å². The van der Waals surface area contributed by atoms with Gasteiger partial charge in [0.2, 0.25) is 5.91 Å². The van der Waals surface area contributed by atoms with Crippen molar-refractivity contribution in [3.8, 4) is 0 Å². The molecule has 2 aromatic carbocycles. The number of hydrogen-bond acceptors (Lipinski definition) is 2. The second kappa shape index (κ2) is 8.95. The van der Waals surface area contributed by atoms with Crippen LogP contribution in [0.25, 0.3) is 0 Å². The third-order valence-corrected chi connectivity index (χ3v) is 4.40. The van der Waals surface area contributed by atoms with Gasteiger partial charge in [0.25, 0.3) is 5.91 Å². The fourth-order valence-corrected chi connectivity index (χ4v) is 2.66. The zero-order valence-electron chi connectivity index (χ0n) is 15.2. The van der Waals surface area contributed by atoms with Gasteiger partial charge < -0.3 is 10.6 Å². The Morgan fingerprint density at radius 1 is 0.926 bits per heavy atom. The van der Waals surface area contributed by atoms with Crippen LogP contribution in [0.2, 0.25) is 5.02 Å². The third-order valence-electron chi connectivity index (χ3n) is 4.14. The first-order chi connectivity index (χ1) is 12.7. The van der Waals surface area contributed by atoms with Crippen molar-refractivity contribution in [3.05, 3.63) is 70.2 Å². The van der Waals surface area contributed by atoms with Gasteiger partial charge in [0.05, 0.1) is 6.04 Å². The Morgan fingerprint density at radius 3 is 2.11 bits per heavy atom. The average Bonchev–Trinajstić information content (AvgIpc) is 2.61. The summed E-state index contributed by atoms with van der Waals surface area (Å²) in [6, 6.07) is 8.42. The zero-order valence-corrected chi connectivity index (χ0v) is 16.0. The molecular weight excluding hydrogens is 374 g/mol. The molecule has 2 unspecified atom stereocenters. The molecule has 0 saturated carbocycles. The predicted octanol–water partition coefficient (Wildman–Crippen LogP) is 4.25. The monoisotopic (exact) mass is 394 g/mol. The van der Waals surface area contributed by atoms with E-state index in [0.29, 0.717) is 16.1 Å². The molecule has 0 radical (unpaired) electrons. The molecule has 144 valence electrons. The van der Waals surface area contributed by atoms with E-state index in [1.807, 2.05) is 0 Å². The molecule has 2 amide bonds. The molecule has 2 atom stereocenters. The summed E-state index contributed by atoms with van der Waals surface area (Å²) in [4.78, 5) is 25.0. The van der Waals surface area contributed by atoms with E-state index in [4.69, 9.17) is 11.6 Å². The Morgan fingerprint density at radius 2 is 1.56 bits per heavy atom. The van der Waals surface area contributed by atoms with E-state index < -0.39 is 35.5 Å². The van der Waals surface area contributed by atoms with Gasteiger partial charge in [-0.05, 0) is 54.8 Å². The largest absolute Gasteiger partial charge is 0.348 e. The highest BCUT2D eigenvalue weighted by molar-refractivity contribution is 6.30. The van der Waals surface area contributed by atoms with Gasteiger partial charge in [-0.25, -0.2) is 8.78 Å². The number of halogens is 3. The van der Waals surface area contributed by atoms with Crippen molar-refractivity contribution in [2.24, 2.45) is 5.92 Å². The van der Waals surface area contributed by atoms with Crippen LogP contribution in [0.3, 0.4) is 0 Å². The smallest absolute Gasteiger partial charge is 0.251 e. The van der Waals surface area contributed by atoms with Gasteiger partial charge in [0.1, 0.15) is 6.04 Å². The van der Waals surface area contributed by atoms with Crippen LogP contribution in [0.4, 0.5) is 8.78 Å². The summed E-state index contributed by atoms with van der Waals surface area (Å²) in [7, 11) is 0. The molecule has 2 aromatic rings. The van der Waals surface area contributed by atoms with Crippen molar-refractivity contribution >= 4 is 23.4 Å². The predicted molar refractivity (Wildman–Crippen MR) is 100 cm³/mol. The van der Waals surface area contributed by atoms with E-state index in [9.17, 15) is 18.4 Å². The van der Waals surface area contributed by atoms with E-state index >= 15 is 0 Å². The highest BCUT2D eigenvalue weighted by Gasteiger charge is 2.26. The number of nitrogens with one attached hydrogen (secondary N) is 2. The minimum atomic E-state index is -0.981. The number of rotatable bonds is 6. The maximum atomic E-state index is 13.4. The second-order valence-corrected chi connectivity index (χ2v) is 7.04. The van der Waals surface area contributed by atoms with E-state index in [0.717, 1.165) is 12.1 Å². The minimum absolute atomic E-state index is 0.182. The van der Waals surface area contributed by atoms with E-state index in [1.165, 1.54) is 6.07 Å². The van der Waals surface area contributed by atoms with Crippen molar-refractivity contribution in [1.82, 2.24) is 10.6 Å². The lowest BCUT2D eigenvalue weighted by molar-refractivity contribution is -0.124.